The van der Waals surface area contributed by atoms with Crippen LogP contribution in [0, 0.1) is 13.8 Å². The fraction of sp³-hybridized carbons (Fsp3) is 0.208. The van der Waals surface area contributed by atoms with Crippen molar-refractivity contribution in [3.05, 3.63) is 76.1 Å². The first-order chi connectivity index (χ1) is 14.5. The predicted octanol–water partition coefficient (Wildman–Crippen LogP) is 4.20. The maximum atomic E-state index is 13.0. The van der Waals surface area contributed by atoms with Crippen LogP contribution >= 0.6 is 0 Å². The molecule has 30 heavy (non-hydrogen) atoms. The molecule has 152 valence electrons. The van der Waals surface area contributed by atoms with Gasteiger partial charge in [-0.2, -0.15) is 0 Å². The minimum Gasteiger partial charge on any atom is -0.494 e. The highest BCUT2D eigenvalue weighted by Gasteiger charge is 2.15. The second kappa shape index (κ2) is 7.99. The summed E-state index contributed by atoms with van der Waals surface area (Å²) in [7, 11) is 0. The first kappa shape index (κ1) is 19.6. The van der Waals surface area contributed by atoms with Crippen molar-refractivity contribution in [1.82, 2.24) is 9.55 Å². The van der Waals surface area contributed by atoms with E-state index in [1.54, 1.807) is 41.1 Å². The molecule has 2 aromatic heterocycles. The monoisotopic (exact) mass is 401 g/mol. The van der Waals surface area contributed by atoms with E-state index in [0.717, 1.165) is 11.3 Å². The van der Waals surface area contributed by atoms with Crippen LogP contribution in [0.2, 0.25) is 0 Å². The van der Waals surface area contributed by atoms with Gasteiger partial charge in [-0.25, -0.2) is 4.98 Å². The van der Waals surface area contributed by atoms with Crippen molar-refractivity contribution in [2.24, 2.45) is 0 Å². The lowest BCUT2D eigenvalue weighted by Crippen LogP contribution is -2.22. The molecule has 0 aliphatic carbocycles. The molecule has 2 heterocycles. The van der Waals surface area contributed by atoms with Gasteiger partial charge in [-0.1, -0.05) is 6.07 Å². The Kier molecular flexibility index (Phi) is 5.23. The van der Waals surface area contributed by atoms with Crippen molar-refractivity contribution in [2.45, 2.75) is 27.3 Å². The molecule has 0 atom stereocenters. The topological polar surface area (TPSA) is 73.2 Å². The number of rotatable bonds is 5. The zero-order chi connectivity index (χ0) is 21.3. The Balaban J connectivity index is 1.79. The second-order valence-corrected chi connectivity index (χ2v) is 7.25. The summed E-state index contributed by atoms with van der Waals surface area (Å²) in [6.07, 6.45) is 1.62. The number of anilines is 1. The van der Waals surface area contributed by atoms with Crippen molar-refractivity contribution in [3.63, 3.8) is 0 Å². The third kappa shape index (κ3) is 3.64. The van der Waals surface area contributed by atoms with Gasteiger partial charge in [0.1, 0.15) is 17.9 Å². The van der Waals surface area contributed by atoms with E-state index in [4.69, 9.17) is 4.74 Å². The molecule has 0 radical (unpaired) electrons. The zero-order valence-electron chi connectivity index (χ0n) is 17.2. The Morgan fingerprint density at radius 3 is 2.67 bits per heavy atom. The van der Waals surface area contributed by atoms with Gasteiger partial charge in [0.25, 0.3) is 0 Å². The van der Waals surface area contributed by atoms with Crippen LogP contribution < -0.4 is 15.5 Å². The fourth-order valence-corrected chi connectivity index (χ4v) is 3.56. The molecule has 1 N–H and O–H groups in total. The first-order valence-corrected chi connectivity index (χ1v) is 9.89. The van der Waals surface area contributed by atoms with Gasteiger partial charge in [0.05, 0.1) is 22.9 Å². The first-order valence-electron chi connectivity index (χ1n) is 9.89. The number of hydrogen-bond donors (Lipinski definition) is 1. The quantitative estimate of drug-likeness (QED) is 0.509. The maximum absolute atomic E-state index is 13.0. The van der Waals surface area contributed by atoms with Crippen LogP contribution in [0.15, 0.2) is 59.5 Å². The molecule has 1 amide bonds. The number of fused-ring (bicyclic) bond motifs is 2. The summed E-state index contributed by atoms with van der Waals surface area (Å²) in [5.74, 6) is 0.431. The molecule has 0 unspecified atom stereocenters. The van der Waals surface area contributed by atoms with Crippen LogP contribution in [0.5, 0.6) is 5.75 Å². The molecule has 0 fully saturated rings. The molecule has 0 bridgehead atoms. The van der Waals surface area contributed by atoms with E-state index in [9.17, 15) is 9.59 Å². The number of aromatic nitrogens is 2. The van der Waals surface area contributed by atoms with Crippen LogP contribution in [0.3, 0.4) is 0 Å². The largest absolute Gasteiger partial charge is 0.494 e. The van der Waals surface area contributed by atoms with E-state index >= 15 is 0 Å². The van der Waals surface area contributed by atoms with Crippen molar-refractivity contribution in [2.75, 3.05) is 11.9 Å². The number of nitrogens with zero attached hydrogens (tertiary/aromatic N) is 2. The van der Waals surface area contributed by atoms with E-state index in [2.05, 4.69) is 10.3 Å². The molecular formula is C24H23N3O3. The fourth-order valence-electron chi connectivity index (χ4n) is 3.56. The zero-order valence-corrected chi connectivity index (χ0v) is 17.2. The van der Waals surface area contributed by atoms with Gasteiger partial charge in [0, 0.05) is 11.9 Å². The van der Waals surface area contributed by atoms with Crippen molar-refractivity contribution < 1.29 is 9.53 Å². The third-order valence-electron chi connectivity index (χ3n) is 5.19. The molecular weight excluding hydrogens is 378 g/mol. The number of carbonyl (C=O) groups excluding carboxylic acids is 1. The maximum Gasteiger partial charge on any atom is 0.244 e. The van der Waals surface area contributed by atoms with Gasteiger partial charge in [0.2, 0.25) is 5.91 Å². The average molecular weight is 401 g/mol. The third-order valence-corrected chi connectivity index (χ3v) is 5.19. The van der Waals surface area contributed by atoms with Gasteiger partial charge in [-0.3, -0.25) is 9.59 Å². The molecule has 4 rings (SSSR count). The second-order valence-electron chi connectivity index (χ2n) is 7.25. The van der Waals surface area contributed by atoms with E-state index < -0.39 is 0 Å². The van der Waals surface area contributed by atoms with E-state index in [1.165, 1.54) is 5.56 Å². The Morgan fingerprint density at radius 1 is 1.07 bits per heavy atom. The standard InChI is InChI=1S/C24H23N3O3/c1-4-30-18-9-10-21-20(13-18)23(29)19-6-5-11-25-24(19)27(21)14-22(28)26-17-8-7-15(2)16(3)12-17/h5-13H,4,14H2,1-3H3,(H,26,28). The molecule has 0 aliphatic rings. The summed E-state index contributed by atoms with van der Waals surface area (Å²) in [6, 6.07) is 14.6. The Bertz CT molecular complexity index is 1320. The van der Waals surface area contributed by atoms with Gasteiger partial charge in [0.15, 0.2) is 5.43 Å². The summed E-state index contributed by atoms with van der Waals surface area (Å²) < 4.78 is 7.33. The van der Waals surface area contributed by atoms with Crippen molar-refractivity contribution in [1.29, 1.82) is 0 Å². The number of pyridine rings is 2. The Morgan fingerprint density at radius 2 is 1.90 bits per heavy atom. The molecule has 0 saturated heterocycles. The lowest BCUT2D eigenvalue weighted by Gasteiger charge is -2.15. The van der Waals surface area contributed by atoms with Crippen LogP contribution in [0.4, 0.5) is 5.69 Å². The minimum atomic E-state index is -0.191. The van der Waals surface area contributed by atoms with Crippen molar-refractivity contribution in [3.8, 4) is 5.75 Å². The van der Waals surface area contributed by atoms with Crippen LogP contribution in [-0.4, -0.2) is 22.1 Å². The number of carbonyl (C=O) groups is 1. The summed E-state index contributed by atoms with van der Waals surface area (Å²) in [5.41, 5.74) is 4.01. The molecule has 0 saturated carbocycles. The van der Waals surface area contributed by atoms with E-state index in [-0.39, 0.29) is 17.9 Å². The Hall–Kier alpha value is -3.67. The summed E-state index contributed by atoms with van der Waals surface area (Å²) >= 11 is 0. The normalized spacial score (nSPS) is 11.0. The lowest BCUT2D eigenvalue weighted by atomic mass is 10.1. The number of hydrogen-bond acceptors (Lipinski definition) is 4. The Labute approximate surface area is 174 Å². The summed E-state index contributed by atoms with van der Waals surface area (Å²) in [4.78, 5) is 30.3. The number of ether oxygens (including phenoxy) is 1. The number of amides is 1. The number of nitrogens with one attached hydrogen (secondary N) is 1. The minimum absolute atomic E-state index is 0.0329. The molecule has 4 aromatic rings. The van der Waals surface area contributed by atoms with Gasteiger partial charge in [-0.05, 0) is 74.4 Å². The summed E-state index contributed by atoms with van der Waals surface area (Å²) in [6.45, 7) is 6.47. The smallest absolute Gasteiger partial charge is 0.244 e. The molecule has 6 heteroatoms. The van der Waals surface area contributed by atoms with E-state index in [0.29, 0.717) is 34.3 Å². The highest BCUT2D eigenvalue weighted by Crippen LogP contribution is 2.23. The molecule has 0 aliphatic heterocycles. The number of aryl methyl sites for hydroxylation is 2. The highest BCUT2D eigenvalue weighted by molar-refractivity contribution is 5.96. The van der Waals surface area contributed by atoms with Gasteiger partial charge >= 0.3 is 0 Å². The van der Waals surface area contributed by atoms with Crippen LogP contribution in [-0.2, 0) is 11.3 Å². The SMILES string of the molecule is CCOc1ccc2c(c1)c(=O)c1cccnc1n2CC(=O)Nc1ccc(C)c(C)c1. The van der Waals surface area contributed by atoms with Crippen LogP contribution in [0.25, 0.3) is 21.9 Å². The molecule has 2 aromatic carbocycles. The van der Waals surface area contributed by atoms with Gasteiger partial charge in [-0.15, -0.1) is 0 Å². The van der Waals surface area contributed by atoms with E-state index in [1.807, 2.05) is 39.0 Å². The van der Waals surface area contributed by atoms with Gasteiger partial charge < -0.3 is 14.6 Å². The number of benzene rings is 2. The van der Waals surface area contributed by atoms with Crippen molar-refractivity contribution >= 4 is 33.5 Å². The molecule has 0 spiro atoms. The molecule has 6 nitrogen and oxygen atoms in total. The highest BCUT2D eigenvalue weighted by atomic mass is 16.5. The lowest BCUT2D eigenvalue weighted by molar-refractivity contribution is -0.116. The predicted molar refractivity (Wildman–Crippen MR) is 119 cm³/mol. The summed E-state index contributed by atoms with van der Waals surface area (Å²) in [5, 5.41) is 3.91. The van der Waals surface area contributed by atoms with Crippen LogP contribution in [0.1, 0.15) is 18.1 Å². The average Bonchev–Trinajstić information content (AvgIpc) is 2.74.